The average Bonchev–Trinajstić information content (AvgIpc) is 2.47. The van der Waals surface area contributed by atoms with E-state index >= 15 is 0 Å². The third-order valence-electron chi connectivity index (χ3n) is 3.12. The van der Waals surface area contributed by atoms with Crippen molar-refractivity contribution >= 4 is 16.6 Å². The van der Waals surface area contributed by atoms with Crippen molar-refractivity contribution in [3.63, 3.8) is 0 Å². The molecule has 1 aromatic carbocycles. The summed E-state index contributed by atoms with van der Waals surface area (Å²) in [6.45, 7) is 4.16. The molecule has 0 aliphatic heterocycles. The lowest BCUT2D eigenvalue weighted by molar-refractivity contribution is 0.479. The van der Waals surface area contributed by atoms with E-state index in [0.29, 0.717) is 5.75 Å². The van der Waals surface area contributed by atoms with Gasteiger partial charge in [-0.3, -0.25) is 0 Å². The predicted octanol–water partition coefficient (Wildman–Crippen LogP) is 2.34. The van der Waals surface area contributed by atoms with E-state index in [9.17, 15) is 5.11 Å². The number of hydrogen-bond donors (Lipinski definition) is 2. The maximum atomic E-state index is 9.83. The Bertz CT molecular complexity index is 526. The number of aromatic hydroxyl groups is 1. The molecule has 2 aromatic rings. The molecule has 0 aliphatic carbocycles. The second-order valence-corrected chi connectivity index (χ2v) is 3.87. The van der Waals surface area contributed by atoms with Crippen LogP contribution in [0.3, 0.4) is 0 Å². The minimum Gasteiger partial charge on any atom is -0.506 e. The topological polar surface area (TPSA) is 51.2 Å². The van der Waals surface area contributed by atoms with Gasteiger partial charge in [-0.15, -0.1) is 0 Å². The molecule has 0 bridgehead atoms. The smallest absolute Gasteiger partial charge is 0.139 e. The van der Waals surface area contributed by atoms with Gasteiger partial charge in [-0.2, -0.15) is 0 Å². The Kier molecular flexibility index (Phi) is 2.11. The van der Waals surface area contributed by atoms with Crippen LogP contribution in [0.15, 0.2) is 12.1 Å². The minimum absolute atomic E-state index is 0.296. The van der Waals surface area contributed by atoms with Crippen LogP contribution < -0.4 is 5.73 Å². The number of aromatic nitrogens is 1. The molecule has 0 fully saturated rings. The molecule has 0 atom stereocenters. The molecule has 0 spiro atoms. The fourth-order valence-electron chi connectivity index (χ4n) is 2.24. The zero-order chi connectivity index (χ0) is 11.2. The molecule has 3 N–H and O–H groups in total. The number of fused-ring (bicyclic) bond motifs is 1. The molecule has 0 aliphatic rings. The van der Waals surface area contributed by atoms with Crippen LogP contribution in [0.2, 0.25) is 0 Å². The molecule has 3 heteroatoms. The first kappa shape index (κ1) is 9.90. The fourth-order valence-corrected chi connectivity index (χ4v) is 2.24. The van der Waals surface area contributed by atoms with Gasteiger partial charge < -0.3 is 15.4 Å². The molecule has 15 heavy (non-hydrogen) atoms. The third kappa shape index (κ3) is 1.19. The maximum Gasteiger partial charge on any atom is 0.139 e. The van der Waals surface area contributed by atoms with E-state index in [0.717, 1.165) is 23.0 Å². The summed E-state index contributed by atoms with van der Waals surface area (Å²) in [4.78, 5) is 0. The summed E-state index contributed by atoms with van der Waals surface area (Å²) in [5.41, 5.74) is 9.93. The van der Waals surface area contributed by atoms with E-state index in [4.69, 9.17) is 5.73 Å². The van der Waals surface area contributed by atoms with Gasteiger partial charge >= 0.3 is 0 Å². The SMILES string of the molecule is CCc1c(C)n(C)c2c(O)ccc(N)c12. The highest BCUT2D eigenvalue weighted by atomic mass is 16.3. The van der Waals surface area contributed by atoms with Gasteiger partial charge in [-0.1, -0.05) is 6.92 Å². The Balaban J connectivity index is 3.02. The monoisotopic (exact) mass is 204 g/mol. The lowest BCUT2D eigenvalue weighted by Crippen LogP contribution is -1.91. The van der Waals surface area contributed by atoms with Crippen LogP contribution in [0.4, 0.5) is 5.69 Å². The molecule has 1 aromatic heterocycles. The van der Waals surface area contributed by atoms with E-state index < -0.39 is 0 Å². The first-order chi connectivity index (χ1) is 7.07. The van der Waals surface area contributed by atoms with Crippen molar-refractivity contribution in [3.05, 3.63) is 23.4 Å². The lowest BCUT2D eigenvalue weighted by atomic mass is 10.1. The van der Waals surface area contributed by atoms with Crippen LogP contribution in [0.25, 0.3) is 10.9 Å². The highest BCUT2D eigenvalue weighted by Crippen LogP contribution is 2.35. The molecular formula is C12H16N2O. The molecule has 2 rings (SSSR count). The Morgan fingerprint density at radius 2 is 2.07 bits per heavy atom. The number of anilines is 1. The van der Waals surface area contributed by atoms with E-state index in [1.165, 1.54) is 11.3 Å². The quantitative estimate of drug-likeness (QED) is 0.553. The van der Waals surface area contributed by atoms with Crippen LogP contribution in [-0.2, 0) is 13.5 Å². The van der Waals surface area contributed by atoms with Crippen molar-refractivity contribution < 1.29 is 5.11 Å². The van der Waals surface area contributed by atoms with Gasteiger partial charge in [0.05, 0.1) is 5.52 Å². The van der Waals surface area contributed by atoms with E-state index in [1.54, 1.807) is 12.1 Å². The van der Waals surface area contributed by atoms with Gasteiger partial charge in [-0.25, -0.2) is 0 Å². The largest absolute Gasteiger partial charge is 0.506 e. The second-order valence-electron chi connectivity index (χ2n) is 3.87. The summed E-state index contributed by atoms with van der Waals surface area (Å²) in [5, 5.41) is 10.8. The first-order valence-corrected chi connectivity index (χ1v) is 5.13. The van der Waals surface area contributed by atoms with Gasteiger partial charge in [0.15, 0.2) is 0 Å². The van der Waals surface area contributed by atoms with Crippen molar-refractivity contribution in [1.29, 1.82) is 0 Å². The summed E-state index contributed by atoms with van der Waals surface area (Å²) in [6.07, 6.45) is 0.927. The average molecular weight is 204 g/mol. The number of nitrogens with zero attached hydrogens (tertiary/aromatic N) is 1. The summed E-state index contributed by atoms with van der Waals surface area (Å²) >= 11 is 0. The molecule has 0 unspecified atom stereocenters. The number of phenols is 1. The molecule has 80 valence electrons. The summed E-state index contributed by atoms with van der Waals surface area (Å²) in [5.74, 6) is 0.296. The lowest BCUT2D eigenvalue weighted by Gasteiger charge is -2.02. The van der Waals surface area contributed by atoms with Crippen LogP contribution in [-0.4, -0.2) is 9.67 Å². The van der Waals surface area contributed by atoms with Crippen LogP contribution in [0.1, 0.15) is 18.2 Å². The predicted molar refractivity (Wildman–Crippen MR) is 63.1 cm³/mol. The van der Waals surface area contributed by atoms with Gasteiger partial charge in [0, 0.05) is 23.8 Å². The highest BCUT2D eigenvalue weighted by Gasteiger charge is 2.15. The van der Waals surface area contributed by atoms with Gasteiger partial charge in [0.25, 0.3) is 0 Å². The Hall–Kier alpha value is -1.64. The minimum atomic E-state index is 0.296. The molecular weight excluding hydrogens is 188 g/mol. The zero-order valence-corrected chi connectivity index (χ0v) is 9.33. The Morgan fingerprint density at radius 1 is 1.40 bits per heavy atom. The molecule has 0 saturated carbocycles. The van der Waals surface area contributed by atoms with Crippen LogP contribution in [0.5, 0.6) is 5.75 Å². The highest BCUT2D eigenvalue weighted by molar-refractivity contribution is 5.99. The Morgan fingerprint density at radius 3 is 2.67 bits per heavy atom. The van der Waals surface area contributed by atoms with Crippen molar-refractivity contribution in [2.24, 2.45) is 7.05 Å². The molecule has 3 nitrogen and oxygen atoms in total. The molecule has 1 heterocycles. The van der Waals surface area contributed by atoms with Gasteiger partial charge in [0.2, 0.25) is 0 Å². The molecule has 0 radical (unpaired) electrons. The van der Waals surface area contributed by atoms with E-state index in [-0.39, 0.29) is 0 Å². The normalized spacial score (nSPS) is 11.1. The second kappa shape index (κ2) is 3.19. The number of rotatable bonds is 1. The van der Waals surface area contributed by atoms with Crippen molar-refractivity contribution in [2.75, 3.05) is 5.73 Å². The zero-order valence-electron chi connectivity index (χ0n) is 9.33. The number of aryl methyl sites for hydroxylation is 2. The van der Waals surface area contributed by atoms with Gasteiger partial charge in [-0.05, 0) is 31.0 Å². The van der Waals surface area contributed by atoms with E-state index in [2.05, 4.69) is 13.8 Å². The van der Waals surface area contributed by atoms with E-state index in [1.807, 2.05) is 11.6 Å². The molecule has 0 saturated heterocycles. The van der Waals surface area contributed by atoms with Crippen molar-refractivity contribution in [3.8, 4) is 5.75 Å². The summed E-state index contributed by atoms with van der Waals surface area (Å²) < 4.78 is 2.00. The maximum absolute atomic E-state index is 9.83. The number of hydrogen-bond acceptors (Lipinski definition) is 2. The first-order valence-electron chi connectivity index (χ1n) is 5.13. The van der Waals surface area contributed by atoms with Crippen molar-refractivity contribution in [1.82, 2.24) is 4.57 Å². The summed E-state index contributed by atoms with van der Waals surface area (Å²) in [6, 6.07) is 3.41. The number of phenolic OH excluding ortho intramolecular Hbond substituents is 1. The number of nitrogen functional groups attached to an aromatic ring is 1. The standard InChI is InChI=1S/C12H16N2O/c1-4-8-7(2)14(3)12-10(15)6-5-9(13)11(8)12/h5-6,15H,4,13H2,1-3H3. The van der Waals surface area contributed by atoms with Crippen LogP contribution in [0, 0.1) is 6.92 Å². The fraction of sp³-hybridized carbons (Fsp3) is 0.333. The number of benzene rings is 1. The molecule has 0 amide bonds. The summed E-state index contributed by atoms with van der Waals surface area (Å²) in [7, 11) is 1.95. The van der Waals surface area contributed by atoms with Gasteiger partial charge in [0.1, 0.15) is 5.75 Å². The van der Waals surface area contributed by atoms with Crippen LogP contribution >= 0.6 is 0 Å². The van der Waals surface area contributed by atoms with Crippen molar-refractivity contribution in [2.45, 2.75) is 20.3 Å². The number of nitrogens with two attached hydrogens (primary N) is 1. The Labute approximate surface area is 89.1 Å². The third-order valence-corrected chi connectivity index (χ3v) is 3.12.